The van der Waals surface area contributed by atoms with Gasteiger partial charge >= 0.3 is 157 Å². The van der Waals surface area contributed by atoms with Gasteiger partial charge in [0, 0.05) is 0 Å². The summed E-state index contributed by atoms with van der Waals surface area (Å²) >= 11 is 0.353. The fraction of sp³-hybridized carbons (Fsp3) is 0.217. The summed E-state index contributed by atoms with van der Waals surface area (Å²) in [6.07, 6.45) is 0. The van der Waals surface area contributed by atoms with Crippen LogP contribution in [-0.2, 0) is 0 Å². The second kappa shape index (κ2) is 6.05. The molecule has 0 saturated carbocycles. The van der Waals surface area contributed by atoms with Crippen molar-refractivity contribution < 1.29 is 0 Å². The van der Waals surface area contributed by atoms with E-state index in [1.807, 2.05) is 0 Å². The van der Waals surface area contributed by atoms with Gasteiger partial charge < -0.3 is 0 Å². The number of fused-ring (bicyclic) bond motifs is 2. The van der Waals surface area contributed by atoms with E-state index in [1.54, 1.807) is 0 Å². The SMILES string of the molecule is Cc1cc(C)c(N2c3ccc(C)cc3[Se]c3cc(C)ccc32)c(C)c1. The molecule has 0 fully saturated rings. The summed E-state index contributed by atoms with van der Waals surface area (Å²) in [4.78, 5) is 2.49. The van der Waals surface area contributed by atoms with E-state index < -0.39 is 0 Å². The molecular weight excluding hydrogens is 369 g/mol. The molecule has 0 spiro atoms. The second-order valence-electron chi connectivity index (χ2n) is 7.13. The Morgan fingerprint density at radius 1 is 0.600 bits per heavy atom. The van der Waals surface area contributed by atoms with Crippen LogP contribution in [0.1, 0.15) is 27.8 Å². The molecule has 3 aromatic rings. The number of rotatable bonds is 1. The van der Waals surface area contributed by atoms with Crippen LogP contribution in [0.3, 0.4) is 0 Å². The Bertz CT molecular complexity index is 913. The van der Waals surface area contributed by atoms with Crippen molar-refractivity contribution in [2.24, 2.45) is 0 Å². The van der Waals surface area contributed by atoms with E-state index in [0.717, 1.165) is 0 Å². The third-order valence-corrected chi connectivity index (χ3v) is 7.09. The Labute approximate surface area is 156 Å². The molecule has 0 radical (unpaired) electrons. The van der Waals surface area contributed by atoms with E-state index in [0.29, 0.717) is 15.0 Å². The summed E-state index contributed by atoms with van der Waals surface area (Å²) in [5.74, 6) is 0. The first-order chi connectivity index (χ1) is 11.9. The summed E-state index contributed by atoms with van der Waals surface area (Å²) in [7, 11) is 0. The van der Waals surface area contributed by atoms with Crippen molar-refractivity contribution in [3.8, 4) is 0 Å². The van der Waals surface area contributed by atoms with E-state index in [-0.39, 0.29) is 0 Å². The van der Waals surface area contributed by atoms with Gasteiger partial charge in [-0.1, -0.05) is 0 Å². The molecule has 0 bridgehead atoms. The van der Waals surface area contributed by atoms with E-state index in [1.165, 1.54) is 53.8 Å². The molecule has 0 amide bonds. The first-order valence-corrected chi connectivity index (χ1v) is 10.4. The third-order valence-electron chi connectivity index (χ3n) is 4.79. The van der Waals surface area contributed by atoms with Crippen LogP contribution >= 0.6 is 0 Å². The van der Waals surface area contributed by atoms with E-state index in [2.05, 4.69) is 88.0 Å². The molecule has 1 aliphatic rings. The maximum atomic E-state index is 2.49. The molecule has 0 atom stereocenters. The molecule has 0 saturated heterocycles. The van der Waals surface area contributed by atoms with E-state index in [4.69, 9.17) is 0 Å². The Kier molecular flexibility index (Phi) is 3.98. The molecule has 0 N–H and O–H groups in total. The van der Waals surface area contributed by atoms with Gasteiger partial charge in [-0.25, -0.2) is 0 Å². The van der Waals surface area contributed by atoms with Crippen LogP contribution in [0.4, 0.5) is 17.1 Å². The predicted octanol–water partition coefficient (Wildman–Crippen LogP) is 4.67. The summed E-state index contributed by atoms with van der Waals surface area (Å²) < 4.78 is 2.95. The fourth-order valence-corrected chi connectivity index (χ4v) is 6.42. The number of aryl methyl sites for hydroxylation is 5. The molecule has 2 heteroatoms. The normalized spacial score (nSPS) is 12.8. The van der Waals surface area contributed by atoms with Crippen LogP contribution in [0.15, 0.2) is 48.5 Å². The van der Waals surface area contributed by atoms with Crippen molar-refractivity contribution >= 4 is 40.9 Å². The fourth-order valence-electron chi connectivity index (χ4n) is 3.79. The van der Waals surface area contributed by atoms with Crippen molar-refractivity contribution in [1.82, 2.24) is 0 Å². The number of anilines is 3. The zero-order valence-corrected chi connectivity index (χ0v) is 17.2. The Morgan fingerprint density at radius 3 is 1.56 bits per heavy atom. The van der Waals surface area contributed by atoms with Gasteiger partial charge in [-0.2, -0.15) is 0 Å². The van der Waals surface area contributed by atoms with Crippen molar-refractivity contribution in [1.29, 1.82) is 0 Å². The number of nitrogens with zero attached hydrogens (tertiary/aromatic N) is 1. The van der Waals surface area contributed by atoms with Gasteiger partial charge in [0.15, 0.2) is 0 Å². The maximum absolute atomic E-state index is 2.49. The zero-order chi connectivity index (χ0) is 17.7. The van der Waals surface area contributed by atoms with Crippen LogP contribution in [-0.4, -0.2) is 15.0 Å². The van der Waals surface area contributed by atoms with Gasteiger partial charge in [-0.05, 0) is 0 Å². The van der Waals surface area contributed by atoms with Crippen molar-refractivity contribution in [2.45, 2.75) is 34.6 Å². The summed E-state index contributed by atoms with van der Waals surface area (Å²) in [6.45, 7) is 11.0. The second-order valence-corrected chi connectivity index (χ2v) is 9.40. The summed E-state index contributed by atoms with van der Waals surface area (Å²) in [5.41, 5.74) is 10.7. The van der Waals surface area contributed by atoms with Gasteiger partial charge in [0.05, 0.1) is 0 Å². The molecular formula is C23H23NSe. The molecule has 0 unspecified atom stereocenters. The van der Waals surface area contributed by atoms with Gasteiger partial charge in [-0.15, -0.1) is 0 Å². The number of benzene rings is 3. The minimum absolute atomic E-state index is 0.353. The van der Waals surface area contributed by atoms with Crippen LogP contribution < -0.4 is 13.8 Å². The first-order valence-electron chi connectivity index (χ1n) is 8.71. The van der Waals surface area contributed by atoms with Gasteiger partial charge in [-0.3, -0.25) is 0 Å². The quantitative estimate of drug-likeness (QED) is 0.426. The van der Waals surface area contributed by atoms with Gasteiger partial charge in [0.2, 0.25) is 0 Å². The van der Waals surface area contributed by atoms with Crippen molar-refractivity contribution in [3.63, 3.8) is 0 Å². The third kappa shape index (κ3) is 2.80. The molecule has 1 nitrogen and oxygen atoms in total. The predicted molar refractivity (Wildman–Crippen MR) is 110 cm³/mol. The first kappa shape index (κ1) is 16.4. The average molecular weight is 392 g/mol. The molecule has 1 heterocycles. The van der Waals surface area contributed by atoms with Gasteiger partial charge in [0.1, 0.15) is 0 Å². The van der Waals surface area contributed by atoms with Crippen molar-refractivity contribution in [3.05, 3.63) is 76.3 Å². The van der Waals surface area contributed by atoms with Crippen LogP contribution in [0.5, 0.6) is 0 Å². The molecule has 4 rings (SSSR count). The standard InChI is InChI=1S/C23H23NSe/c1-14-6-8-19-21(12-14)25-22-13-15(2)7-9-20(22)24(19)23-17(4)10-16(3)11-18(23)5/h6-13H,1-5H3. The zero-order valence-electron chi connectivity index (χ0n) is 15.5. The summed E-state index contributed by atoms with van der Waals surface area (Å²) in [6, 6.07) is 18.4. The van der Waals surface area contributed by atoms with Crippen LogP contribution in [0.25, 0.3) is 0 Å². The number of hydrogen-bond acceptors (Lipinski definition) is 1. The monoisotopic (exact) mass is 393 g/mol. The average Bonchev–Trinajstić information content (AvgIpc) is 2.52. The molecule has 1 aliphatic heterocycles. The van der Waals surface area contributed by atoms with Crippen LogP contribution in [0, 0.1) is 34.6 Å². The Balaban J connectivity index is 2.03. The molecule has 3 aromatic carbocycles. The van der Waals surface area contributed by atoms with E-state index >= 15 is 0 Å². The molecule has 0 aromatic heterocycles. The molecule has 0 aliphatic carbocycles. The van der Waals surface area contributed by atoms with Gasteiger partial charge in [0.25, 0.3) is 0 Å². The summed E-state index contributed by atoms with van der Waals surface area (Å²) in [5, 5.41) is 0. The topological polar surface area (TPSA) is 3.24 Å². The van der Waals surface area contributed by atoms with Crippen molar-refractivity contribution in [2.75, 3.05) is 4.90 Å². The Morgan fingerprint density at radius 2 is 1.08 bits per heavy atom. The van der Waals surface area contributed by atoms with E-state index in [9.17, 15) is 0 Å². The molecule has 25 heavy (non-hydrogen) atoms. The minimum atomic E-state index is 0.353. The Hall–Kier alpha value is -2.02. The van der Waals surface area contributed by atoms with Crippen LogP contribution in [0.2, 0.25) is 0 Å². The number of hydrogen-bond donors (Lipinski definition) is 0. The molecule has 126 valence electrons.